The van der Waals surface area contributed by atoms with E-state index in [4.69, 9.17) is 10.5 Å². The van der Waals surface area contributed by atoms with Crippen molar-refractivity contribution in [2.75, 3.05) is 20.7 Å². The zero-order valence-electron chi connectivity index (χ0n) is 20.7. The largest absolute Gasteiger partial charge is 0.468 e. The Kier molecular flexibility index (Phi) is 10.0. The molecule has 0 aliphatic carbocycles. The summed E-state index contributed by atoms with van der Waals surface area (Å²) in [5.74, 6) is -2.89. The molecule has 4 amide bonds. The number of esters is 1. The van der Waals surface area contributed by atoms with Crippen LogP contribution in [0.4, 0.5) is 4.79 Å². The van der Waals surface area contributed by atoms with E-state index >= 15 is 0 Å². The van der Waals surface area contributed by atoms with Crippen LogP contribution in [0.2, 0.25) is 0 Å². The van der Waals surface area contributed by atoms with Gasteiger partial charge in [-0.05, 0) is 51.3 Å². The molecule has 1 aromatic rings. The smallest absolute Gasteiger partial charge is 0.408 e. The minimum atomic E-state index is -1.38. The number of nitrogens with one attached hydrogen (secondary N) is 2. The molecule has 2 atom stereocenters. The number of carbonyl (C=O) groups is 5. The van der Waals surface area contributed by atoms with E-state index in [9.17, 15) is 24.0 Å². The number of carbonyl (C=O) groups excluding carboxylic acids is 5. The number of ether oxygens (including phenoxy) is 2. The molecule has 1 aromatic carbocycles. The van der Waals surface area contributed by atoms with E-state index in [0.29, 0.717) is 5.56 Å². The van der Waals surface area contributed by atoms with Crippen LogP contribution in [0.5, 0.6) is 0 Å². The van der Waals surface area contributed by atoms with Gasteiger partial charge in [-0.1, -0.05) is 18.2 Å². The zero-order chi connectivity index (χ0) is 26.2. The van der Waals surface area contributed by atoms with Gasteiger partial charge in [-0.2, -0.15) is 0 Å². The Morgan fingerprint density at radius 3 is 2.26 bits per heavy atom. The first-order valence-electron chi connectivity index (χ1n) is 10.6. The Morgan fingerprint density at radius 2 is 1.74 bits per heavy atom. The molecule has 0 aromatic heterocycles. The lowest BCUT2D eigenvalue weighted by molar-refractivity contribution is -0.144. The molecule has 0 spiro atoms. The van der Waals surface area contributed by atoms with E-state index < -0.39 is 60.4 Å². The summed E-state index contributed by atoms with van der Waals surface area (Å²) in [6.45, 7) is 8.18. The van der Waals surface area contributed by atoms with E-state index in [1.807, 2.05) is 13.0 Å². The summed E-state index contributed by atoms with van der Waals surface area (Å²) in [5, 5.41) is 4.81. The SMILES string of the molecule is COC(=O)CNC(=O)C(c1cccc(C)c1C)N(C)C(=O)C(CC(N)=O)NC(=O)OC(C)(C)C. The quantitative estimate of drug-likeness (QED) is 0.444. The summed E-state index contributed by atoms with van der Waals surface area (Å²) in [7, 11) is 2.54. The number of likely N-dealkylation sites (N-methyl/N-ethyl adjacent to an activating group) is 1. The summed E-state index contributed by atoms with van der Waals surface area (Å²) < 4.78 is 9.74. The predicted octanol–water partition coefficient (Wildman–Crippen LogP) is 0.861. The molecule has 188 valence electrons. The van der Waals surface area contributed by atoms with Crippen LogP contribution in [0.1, 0.15) is 49.9 Å². The van der Waals surface area contributed by atoms with Gasteiger partial charge in [-0.25, -0.2) is 4.79 Å². The fourth-order valence-electron chi connectivity index (χ4n) is 3.15. The average Bonchev–Trinajstić information content (AvgIpc) is 2.72. The van der Waals surface area contributed by atoms with Crippen molar-refractivity contribution >= 4 is 29.8 Å². The minimum Gasteiger partial charge on any atom is -0.468 e. The highest BCUT2D eigenvalue weighted by Crippen LogP contribution is 2.26. The van der Waals surface area contributed by atoms with Gasteiger partial charge < -0.3 is 30.7 Å². The lowest BCUT2D eigenvalue weighted by Gasteiger charge is -2.32. The second-order valence-corrected chi connectivity index (χ2v) is 8.80. The number of rotatable bonds is 9. The first-order valence-corrected chi connectivity index (χ1v) is 10.6. The topological polar surface area (TPSA) is 157 Å². The Labute approximate surface area is 199 Å². The lowest BCUT2D eigenvalue weighted by Crippen LogP contribution is -2.53. The molecule has 0 radical (unpaired) electrons. The molecule has 4 N–H and O–H groups in total. The van der Waals surface area contributed by atoms with Gasteiger partial charge in [-0.15, -0.1) is 0 Å². The minimum absolute atomic E-state index is 0.403. The highest BCUT2D eigenvalue weighted by molar-refractivity contribution is 5.95. The van der Waals surface area contributed by atoms with Crippen molar-refractivity contribution in [2.45, 2.75) is 58.7 Å². The summed E-state index contributed by atoms with van der Waals surface area (Å²) in [5.41, 5.74) is 6.59. The molecule has 0 bridgehead atoms. The molecule has 11 nitrogen and oxygen atoms in total. The molecule has 2 unspecified atom stereocenters. The molecule has 0 saturated carbocycles. The molecule has 1 rings (SSSR count). The van der Waals surface area contributed by atoms with Gasteiger partial charge in [0.25, 0.3) is 0 Å². The van der Waals surface area contributed by atoms with Crippen LogP contribution in [-0.4, -0.2) is 67.0 Å². The van der Waals surface area contributed by atoms with Crippen LogP contribution in [-0.2, 0) is 28.7 Å². The third kappa shape index (κ3) is 8.38. The van der Waals surface area contributed by atoms with Crippen molar-refractivity contribution in [3.8, 4) is 0 Å². The molecule has 11 heteroatoms. The summed E-state index contributed by atoms with van der Waals surface area (Å²) >= 11 is 0. The van der Waals surface area contributed by atoms with Crippen LogP contribution in [0, 0.1) is 13.8 Å². The second-order valence-electron chi connectivity index (χ2n) is 8.80. The number of aryl methyl sites for hydroxylation is 1. The Balaban J connectivity index is 3.34. The number of nitrogens with zero attached hydrogens (tertiary/aromatic N) is 1. The molecular formula is C23H34N4O7. The van der Waals surface area contributed by atoms with Crippen molar-refractivity contribution in [2.24, 2.45) is 5.73 Å². The number of hydrogen-bond acceptors (Lipinski definition) is 7. The fraction of sp³-hybridized carbons (Fsp3) is 0.522. The fourth-order valence-corrected chi connectivity index (χ4v) is 3.15. The highest BCUT2D eigenvalue weighted by atomic mass is 16.6. The van der Waals surface area contributed by atoms with E-state index in [2.05, 4.69) is 15.4 Å². The Bertz CT molecular complexity index is 940. The third-order valence-corrected chi connectivity index (χ3v) is 4.95. The van der Waals surface area contributed by atoms with Crippen LogP contribution < -0.4 is 16.4 Å². The summed E-state index contributed by atoms with van der Waals surface area (Å²) in [6.07, 6.45) is -1.43. The zero-order valence-corrected chi connectivity index (χ0v) is 20.7. The molecule has 0 heterocycles. The van der Waals surface area contributed by atoms with Crippen LogP contribution in [0.3, 0.4) is 0 Å². The normalized spacial score (nSPS) is 12.7. The number of primary amides is 1. The second kappa shape index (κ2) is 12.0. The lowest BCUT2D eigenvalue weighted by atomic mass is 9.95. The number of amides is 4. The maximum absolute atomic E-state index is 13.4. The molecule has 0 fully saturated rings. The van der Waals surface area contributed by atoms with Crippen molar-refractivity contribution < 1.29 is 33.4 Å². The first kappa shape index (κ1) is 28.4. The highest BCUT2D eigenvalue weighted by Gasteiger charge is 2.35. The Hall–Kier alpha value is -3.63. The van der Waals surface area contributed by atoms with Gasteiger partial charge in [0.1, 0.15) is 24.2 Å². The van der Waals surface area contributed by atoms with Crippen LogP contribution in [0.25, 0.3) is 0 Å². The van der Waals surface area contributed by atoms with Crippen molar-refractivity contribution in [1.29, 1.82) is 0 Å². The number of methoxy groups -OCH3 is 1. The van der Waals surface area contributed by atoms with Crippen molar-refractivity contribution in [3.63, 3.8) is 0 Å². The van der Waals surface area contributed by atoms with Gasteiger partial charge in [0.05, 0.1) is 13.5 Å². The number of hydrogen-bond donors (Lipinski definition) is 3. The van der Waals surface area contributed by atoms with Gasteiger partial charge >= 0.3 is 12.1 Å². The summed E-state index contributed by atoms with van der Waals surface area (Å²) in [6, 6.07) is 2.71. The monoisotopic (exact) mass is 478 g/mol. The van der Waals surface area contributed by atoms with Crippen LogP contribution in [0.15, 0.2) is 18.2 Å². The maximum Gasteiger partial charge on any atom is 0.408 e. The third-order valence-electron chi connectivity index (χ3n) is 4.95. The van der Waals surface area contributed by atoms with E-state index in [1.54, 1.807) is 39.8 Å². The number of alkyl carbamates (subject to hydrolysis) is 1. The standard InChI is InChI=1S/C23H34N4O7/c1-13-9-8-10-15(14(13)2)19(20(30)25-12-18(29)33-7)27(6)21(31)16(11-17(24)28)26-22(32)34-23(3,4)5/h8-10,16,19H,11-12H2,1-7H3,(H2,24,28)(H,25,30)(H,26,32). The van der Waals surface area contributed by atoms with E-state index in [0.717, 1.165) is 16.0 Å². The van der Waals surface area contributed by atoms with E-state index in [1.165, 1.54) is 14.2 Å². The molecular weight excluding hydrogens is 444 g/mol. The molecule has 34 heavy (non-hydrogen) atoms. The van der Waals surface area contributed by atoms with Gasteiger partial charge in [0.15, 0.2) is 0 Å². The number of benzene rings is 1. The van der Waals surface area contributed by atoms with Gasteiger partial charge in [0, 0.05) is 7.05 Å². The Morgan fingerprint density at radius 1 is 1.12 bits per heavy atom. The maximum atomic E-state index is 13.4. The predicted molar refractivity (Wildman–Crippen MR) is 123 cm³/mol. The van der Waals surface area contributed by atoms with Gasteiger partial charge in [0.2, 0.25) is 17.7 Å². The molecule has 0 saturated heterocycles. The van der Waals surface area contributed by atoms with Gasteiger partial charge in [-0.3, -0.25) is 19.2 Å². The first-order chi connectivity index (χ1) is 15.7. The van der Waals surface area contributed by atoms with Crippen LogP contribution >= 0.6 is 0 Å². The average molecular weight is 479 g/mol. The summed E-state index contributed by atoms with van der Waals surface area (Å²) in [4.78, 5) is 63.0. The van der Waals surface area contributed by atoms with E-state index in [-0.39, 0.29) is 0 Å². The molecule has 0 aliphatic heterocycles. The van der Waals surface area contributed by atoms with Crippen molar-refractivity contribution in [1.82, 2.24) is 15.5 Å². The number of nitrogens with two attached hydrogens (primary N) is 1. The molecule has 0 aliphatic rings. The van der Waals surface area contributed by atoms with Crippen molar-refractivity contribution in [3.05, 3.63) is 34.9 Å².